The second kappa shape index (κ2) is 10.1. The van der Waals surface area contributed by atoms with Crippen LogP contribution in [-0.4, -0.2) is 55.5 Å². The van der Waals surface area contributed by atoms with Crippen LogP contribution >= 0.6 is 0 Å². The number of esters is 1. The van der Waals surface area contributed by atoms with Crippen LogP contribution in [0.25, 0.3) is 11.1 Å². The molecule has 2 atom stereocenters. The van der Waals surface area contributed by atoms with Gasteiger partial charge in [0.25, 0.3) is 5.91 Å². The summed E-state index contributed by atoms with van der Waals surface area (Å²) in [6.45, 7) is 2.48. The first-order valence-corrected chi connectivity index (χ1v) is 10.4. The van der Waals surface area contributed by atoms with E-state index in [-0.39, 0.29) is 29.7 Å². The van der Waals surface area contributed by atoms with Crippen molar-refractivity contribution in [2.45, 2.75) is 25.8 Å². The molecular weight excluding hydrogens is 410 g/mol. The molecule has 2 amide bonds. The van der Waals surface area contributed by atoms with Crippen LogP contribution in [0.4, 0.5) is 4.79 Å². The van der Waals surface area contributed by atoms with Gasteiger partial charge in [0, 0.05) is 23.7 Å². The first kappa shape index (κ1) is 23.0. The van der Waals surface area contributed by atoms with Crippen LogP contribution in [0.1, 0.15) is 35.7 Å². The van der Waals surface area contributed by atoms with Crippen LogP contribution in [0.2, 0.25) is 0 Å². The average Bonchev–Trinajstić information content (AvgIpc) is 2.83. The van der Waals surface area contributed by atoms with Crippen molar-refractivity contribution < 1.29 is 23.9 Å². The van der Waals surface area contributed by atoms with Crippen LogP contribution in [0, 0.1) is 11.3 Å². The maximum Gasteiger partial charge on any atom is 0.412 e. The van der Waals surface area contributed by atoms with Crippen LogP contribution in [0.3, 0.4) is 0 Å². The molecule has 2 N–H and O–H groups in total. The van der Waals surface area contributed by atoms with Gasteiger partial charge in [0.2, 0.25) is 0 Å². The minimum atomic E-state index is -0.692. The maximum absolute atomic E-state index is 13.0. The molecule has 1 aliphatic heterocycles. The van der Waals surface area contributed by atoms with E-state index in [0.29, 0.717) is 30.5 Å². The molecule has 168 valence electrons. The molecule has 8 heteroatoms. The highest BCUT2D eigenvalue weighted by molar-refractivity contribution is 6.04. The maximum atomic E-state index is 13.0. The molecule has 2 aromatic carbocycles. The molecular formula is C24H27N3O5. The largest absolute Gasteiger partial charge is 0.469 e. The molecule has 8 nitrogen and oxygen atoms in total. The smallest absolute Gasteiger partial charge is 0.412 e. The number of carbonyl (C=O) groups excluding carboxylic acids is 3. The molecule has 0 spiro atoms. The molecule has 0 radical (unpaired) electrons. The van der Waals surface area contributed by atoms with Crippen LogP contribution in [-0.2, 0) is 14.3 Å². The number of amidine groups is 1. The van der Waals surface area contributed by atoms with E-state index in [2.05, 4.69) is 10.1 Å². The second-order valence-corrected chi connectivity index (χ2v) is 7.74. The first-order chi connectivity index (χ1) is 15.3. The molecule has 32 heavy (non-hydrogen) atoms. The quantitative estimate of drug-likeness (QED) is 0.433. The van der Waals surface area contributed by atoms with Crippen LogP contribution in [0.15, 0.2) is 48.5 Å². The topological polar surface area (TPSA) is 109 Å². The van der Waals surface area contributed by atoms with Crippen LogP contribution in [0.5, 0.6) is 0 Å². The van der Waals surface area contributed by atoms with Gasteiger partial charge in [0.15, 0.2) is 0 Å². The van der Waals surface area contributed by atoms with Gasteiger partial charge < -0.3 is 14.4 Å². The minimum Gasteiger partial charge on any atom is -0.469 e. The van der Waals surface area contributed by atoms with Crippen molar-refractivity contribution in [2.24, 2.45) is 5.92 Å². The Morgan fingerprint density at radius 2 is 1.50 bits per heavy atom. The van der Waals surface area contributed by atoms with Gasteiger partial charge in [0.1, 0.15) is 5.84 Å². The van der Waals surface area contributed by atoms with E-state index >= 15 is 0 Å². The van der Waals surface area contributed by atoms with Gasteiger partial charge in [-0.25, -0.2) is 4.79 Å². The van der Waals surface area contributed by atoms with Gasteiger partial charge >= 0.3 is 12.1 Å². The highest BCUT2D eigenvalue weighted by Crippen LogP contribution is 2.26. The van der Waals surface area contributed by atoms with Gasteiger partial charge in [-0.2, -0.15) is 0 Å². The Bertz CT molecular complexity index is 1000. The van der Waals surface area contributed by atoms with Crippen molar-refractivity contribution in [3.05, 3.63) is 59.7 Å². The third-order valence-corrected chi connectivity index (χ3v) is 5.72. The molecule has 0 saturated carbocycles. The highest BCUT2D eigenvalue weighted by Gasteiger charge is 2.33. The SMILES string of the molecule is COC(=O)NC(=N)c1ccc(-c2ccc(C(=O)N3CCC(C(=O)OC)CC3C)cc2)cc1. The predicted octanol–water partition coefficient (Wildman–Crippen LogP) is 3.45. The number of hydrogen-bond acceptors (Lipinski definition) is 6. The van der Waals surface area contributed by atoms with Crippen LogP contribution < -0.4 is 5.32 Å². The number of nitrogens with zero attached hydrogens (tertiary/aromatic N) is 1. The zero-order valence-electron chi connectivity index (χ0n) is 18.4. The number of alkyl carbamates (subject to hydrolysis) is 1. The number of benzene rings is 2. The molecule has 3 rings (SSSR count). The number of piperidine rings is 1. The lowest BCUT2D eigenvalue weighted by molar-refractivity contribution is -0.147. The van der Waals surface area contributed by atoms with Gasteiger partial charge in [-0.3, -0.25) is 20.3 Å². The molecule has 1 heterocycles. The molecule has 2 unspecified atom stereocenters. The third-order valence-electron chi connectivity index (χ3n) is 5.72. The standard InChI is InChI=1S/C24H27N3O5/c1-15-14-20(23(29)31-2)12-13-27(15)22(28)19-10-6-17(7-11-19)16-4-8-18(9-5-16)21(25)26-24(30)32-3/h4-11,15,20H,12-14H2,1-3H3,(H2,25,26,30). The van der Waals surface area contributed by atoms with Gasteiger partial charge in [-0.1, -0.05) is 36.4 Å². The Kier molecular flexibility index (Phi) is 7.25. The highest BCUT2D eigenvalue weighted by atomic mass is 16.5. The molecule has 0 aromatic heterocycles. The van der Waals surface area contributed by atoms with Crippen molar-refractivity contribution in [1.29, 1.82) is 5.41 Å². The predicted molar refractivity (Wildman–Crippen MR) is 119 cm³/mol. The van der Waals surface area contributed by atoms with Crippen molar-refractivity contribution in [2.75, 3.05) is 20.8 Å². The van der Waals surface area contributed by atoms with E-state index in [9.17, 15) is 14.4 Å². The normalized spacial score (nSPS) is 17.9. The fourth-order valence-corrected chi connectivity index (χ4v) is 3.88. The summed E-state index contributed by atoms with van der Waals surface area (Å²) < 4.78 is 9.33. The number of hydrogen-bond donors (Lipinski definition) is 2. The molecule has 0 aliphatic carbocycles. The summed E-state index contributed by atoms with van der Waals surface area (Å²) in [5.41, 5.74) is 3.00. The number of methoxy groups -OCH3 is 2. The summed E-state index contributed by atoms with van der Waals surface area (Å²) in [5, 5.41) is 10.2. The molecule has 1 saturated heterocycles. The van der Waals surface area contributed by atoms with Crippen molar-refractivity contribution >= 4 is 23.8 Å². The summed E-state index contributed by atoms with van der Waals surface area (Å²) in [5.74, 6) is -0.469. The number of rotatable bonds is 4. The summed E-state index contributed by atoms with van der Waals surface area (Å²) in [7, 11) is 2.63. The lowest BCUT2D eigenvalue weighted by Crippen LogP contribution is -2.46. The van der Waals surface area contributed by atoms with Crippen molar-refractivity contribution in [3.8, 4) is 11.1 Å². The molecule has 1 aliphatic rings. The van der Waals surface area contributed by atoms with E-state index in [0.717, 1.165) is 11.1 Å². The minimum absolute atomic E-state index is 0.0403. The third kappa shape index (κ3) is 5.14. The summed E-state index contributed by atoms with van der Waals surface area (Å²) in [4.78, 5) is 37.8. The van der Waals surface area contributed by atoms with E-state index in [1.807, 2.05) is 36.1 Å². The lowest BCUT2D eigenvalue weighted by atomic mass is 9.91. The van der Waals surface area contributed by atoms with Gasteiger partial charge in [-0.15, -0.1) is 0 Å². The van der Waals surface area contributed by atoms with E-state index in [1.54, 1.807) is 24.3 Å². The molecule has 0 bridgehead atoms. The fourth-order valence-electron chi connectivity index (χ4n) is 3.88. The molecule has 2 aromatic rings. The van der Waals surface area contributed by atoms with E-state index in [4.69, 9.17) is 10.1 Å². The lowest BCUT2D eigenvalue weighted by Gasteiger charge is -2.36. The Morgan fingerprint density at radius 3 is 2.00 bits per heavy atom. The zero-order chi connectivity index (χ0) is 23.3. The number of carbonyl (C=O) groups is 3. The van der Waals surface area contributed by atoms with Crippen molar-refractivity contribution in [3.63, 3.8) is 0 Å². The second-order valence-electron chi connectivity index (χ2n) is 7.74. The Morgan fingerprint density at radius 1 is 0.938 bits per heavy atom. The van der Waals surface area contributed by atoms with Gasteiger partial charge in [-0.05, 0) is 43.0 Å². The number of nitrogens with one attached hydrogen (secondary N) is 2. The van der Waals surface area contributed by atoms with E-state index in [1.165, 1.54) is 14.2 Å². The first-order valence-electron chi connectivity index (χ1n) is 10.4. The van der Waals surface area contributed by atoms with Crippen molar-refractivity contribution in [1.82, 2.24) is 10.2 Å². The zero-order valence-corrected chi connectivity index (χ0v) is 18.4. The number of ether oxygens (including phenoxy) is 2. The summed E-state index contributed by atoms with van der Waals surface area (Å²) in [6.07, 6.45) is 0.513. The summed E-state index contributed by atoms with van der Waals surface area (Å²) in [6, 6.07) is 14.5. The number of amides is 2. The molecule has 1 fully saturated rings. The fraction of sp³-hybridized carbons (Fsp3) is 0.333. The monoisotopic (exact) mass is 437 g/mol. The Labute approximate surface area is 187 Å². The van der Waals surface area contributed by atoms with Gasteiger partial charge in [0.05, 0.1) is 20.1 Å². The Hall–Kier alpha value is -3.68. The average molecular weight is 437 g/mol. The Balaban J connectivity index is 1.66. The number of likely N-dealkylation sites (tertiary alicyclic amines) is 1. The van der Waals surface area contributed by atoms with E-state index < -0.39 is 6.09 Å². The summed E-state index contributed by atoms with van der Waals surface area (Å²) >= 11 is 0.